The lowest BCUT2D eigenvalue weighted by atomic mass is 10.1. The predicted molar refractivity (Wildman–Crippen MR) is 54.4 cm³/mol. The van der Waals surface area contributed by atoms with E-state index in [1.54, 1.807) is 11.7 Å². The molecule has 0 radical (unpaired) electrons. The lowest BCUT2D eigenvalue weighted by Gasteiger charge is -2.02. The van der Waals surface area contributed by atoms with Crippen molar-refractivity contribution < 1.29 is 4.92 Å². The maximum absolute atomic E-state index is 10.8. The Morgan fingerprint density at radius 3 is 2.60 bits per heavy atom. The molecule has 0 aromatic carbocycles. The van der Waals surface area contributed by atoms with Crippen molar-refractivity contribution in [3.8, 4) is 0 Å². The summed E-state index contributed by atoms with van der Waals surface area (Å²) in [5.74, 6) is 0.0328. The Bertz CT molecular complexity index is 424. The summed E-state index contributed by atoms with van der Waals surface area (Å²) in [6.07, 6.45) is 1.29. The normalized spacial score (nSPS) is 27.7. The molecule has 6 heteroatoms. The van der Waals surface area contributed by atoms with Crippen LogP contribution < -0.4 is 5.73 Å². The topological polar surface area (TPSA) is 87.0 Å². The zero-order valence-corrected chi connectivity index (χ0v) is 8.97. The molecule has 0 spiro atoms. The number of nitrogens with two attached hydrogens (primary N) is 1. The molecule has 1 fully saturated rings. The van der Waals surface area contributed by atoms with Crippen LogP contribution in [0.2, 0.25) is 0 Å². The van der Waals surface area contributed by atoms with Crippen molar-refractivity contribution in [2.45, 2.75) is 25.8 Å². The fraction of sp³-hybridized carbons (Fsp3) is 0.667. The molecule has 15 heavy (non-hydrogen) atoms. The van der Waals surface area contributed by atoms with Gasteiger partial charge >= 0.3 is 5.69 Å². The van der Waals surface area contributed by atoms with Crippen molar-refractivity contribution in [3.63, 3.8) is 0 Å². The largest absolute Gasteiger partial charge is 0.327 e. The molecule has 0 aliphatic heterocycles. The van der Waals surface area contributed by atoms with E-state index in [0.717, 1.165) is 0 Å². The monoisotopic (exact) mass is 210 g/mol. The highest BCUT2D eigenvalue weighted by Crippen LogP contribution is 2.58. The second-order valence-electron chi connectivity index (χ2n) is 4.62. The Balaban J connectivity index is 2.45. The average molecular weight is 210 g/mol. The first-order valence-electron chi connectivity index (χ1n) is 4.79. The predicted octanol–water partition coefficient (Wildman–Crippen LogP) is 0.779. The molecular weight excluding hydrogens is 196 g/mol. The highest BCUT2D eigenvalue weighted by Gasteiger charge is 2.59. The minimum atomic E-state index is -0.399. The van der Waals surface area contributed by atoms with Gasteiger partial charge in [-0.1, -0.05) is 13.8 Å². The third kappa shape index (κ3) is 1.25. The minimum absolute atomic E-state index is 0.0217. The number of nitrogens with zero attached hydrogens (tertiary/aromatic N) is 3. The summed E-state index contributed by atoms with van der Waals surface area (Å²) < 4.78 is 1.55. The van der Waals surface area contributed by atoms with Crippen LogP contribution in [0.4, 0.5) is 5.69 Å². The second kappa shape index (κ2) is 2.79. The summed E-state index contributed by atoms with van der Waals surface area (Å²) >= 11 is 0. The highest BCUT2D eigenvalue weighted by atomic mass is 16.6. The van der Waals surface area contributed by atoms with E-state index in [1.807, 2.05) is 13.8 Å². The van der Waals surface area contributed by atoms with E-state index in [2.05, 4.69) is 5.10 Å². The van der Waals surface area contributed by atoms with Gasteiger partial charge in [-0.2, -0.15) is 5.10 Å². The van der Waals surface area contributed by atoms with Crippen molar-refractivity contribution in [2.24, 2.45) is 18.2 Å². The van der Waals surface area contributed by atoms with Gasteiger partial charge in [0.25, 0.3) is 0 Å². The van der Waals surface area contributed by atoms with E-state index >= 15 is 0 Å². The lowest BCUT2D eigenvalue weighted by molar-refractivity contribution is -0.385. The Morgan fingerprint density at radius 1 is 1.67 bits per heavy atom. The number of aromatic nitrogens is 2. The maximum Gasteiger partial charge on any atom is 0.310 e. The summed E-state index contributed by atoms with van der Waals surface area (Å²) in [5, 5.41) is 14.7. The summed E-state index contributed by atoms with van der Waals surface area (Å²) in [6.45, 7) is 4.03. The molecule has 0 bridgehead atoms. The van der Waals surface area contributed by atoms with Crippen LogP contribution >= 0.6 is 0 Å². The Labute approximate surface area is 87.2 Å². The van der Waals surface area contributed by atoms with E-state index in [-0.39, 0.29) is 23.1 Å². The Morgan fingerprint density at radius 2 is 2.20 bits per heavy atom. The SMILES string of the molecule is Cn1ncc([N+](=O)[O-])c1[C@@H]1[C@@H](N)C1(C)C. The van der Waals surface area contributed by atoms with Crippen LogP contribution in [0.1, 0.15) is 25.5 Å². The molecule has 1 saturated carbocycles. The number of aryl methyl sites for hydroxylation is 1. The lowest BCUT2D eigenvalue weighted by Crippen LogP contribution is -2.07. The number of hydrogen-bond acceptors (Lipinski definition) is 4. The first kappa shape index (κ1) is 10.1. The molecule has 6 nitrogen and oxygen atoms in total. The van der Waals surface area contributed by atoms with Crippen molar-refractivity contribution in [3.05, 3.63) is 22.0 Å². The number of rotatable bonds is 2. The summed E-state index contributed by atoms with van der Waals surface area (Å²) in [6, 6.07) is -0.0217. The molecular formula is C9H14N4O2. The van der Waals surface area contributed by atoms with Crippen LogP contribution in [0.25, 0.3) is 0 Å². The first-order valence-corrected chi connectivity index (χ1v) is 4.79. The van der Waals surface area contributed by atoms with Gasteiger partial charge in [0.2, 0.25) is 0 Å². The first-order chi connectivity index (χ1) is 6.87. The molecule has 1 heterocycles. The Hall–Kier alpha value is -1.43. The fourth-order valence-corrected chi connectivity index (χ4v) is 2.14. The van der Waals surface area contributed by atoms with E-state index < -0.39 is 4.92 Å². The van der Waals surface area contributed by atoms with Gasteiger partial charge in [0, 0.05) is 19.0 Å². The molecule has 2 rings (SSSR count). The smallest absolute Gasteiger partial charge is 0.310 e. The van der Waals surface area contributed by atoms with Crippen LogP contribution in [0, 0.1) is 15.5 Å². The second-order valence-corrected chi connectivity index (χ2v) is 4.62. The zero-order valence-electron chi connectivity index (χ0n) is 8.97. The molecule has 1 aromatic rings. The third-order valence-electron chi connectivity index (χ3n) is 3.37. The molecule has 1 aliphatic rings. The molecule has 0 saturated heterocycles. The van der Waals surface area contributed by atoms with Crippen LogP contribution in [0.5, 0.6) is 0 Å². The summed E-state index contributed by atoms with van der Waals surface area (Å²) in [4.78, 5) is 10.4. The van der Waals surface area contributed by atoms with Gasteiger partial charge in [-0.05, 0) is 5.41 Å². The minimum Gasteiger partial charge on any atom is -0.327 e. The van der Waals surface area contributed by atoms with Gasteiger partial charge in [0.1, 0.15) is 11.9 Å². The Kier molecular flexibility index (Phi) is 1.88. The van der Waals surface area contributed by atoms with Gasteiger partial charge in [-0.15, -0.1) is 0 Å². The number of nitro groups is 1. The molecule has 1 aromatic heterocycles. The maximum atomic E-state index is 10.8. The van der Waals surface area contributed by atoms with Crippen molar-refractivity contribution >= 4 is 5.69 Å². The van der Waals surface area contributed by atoms with Crippen molar-refractivity contribution in [1.29, 1.82) is 0 Å². The summed E-state index contributed by atoms with van der Waals surface area (Å²) in [7, 11) is 1.71. The fourth-order valence-electron chi connectivity index (χ4n) is 2.14. The molecule has 0 amide bonds. The quantitative estimate of drug-likeness (QED) is 0.577. The highest BCUT2D eigenvalue weighted by molar-refractivity contribution is 5.43. The standard InChI is InChI=1S/C9H14N4O2/c1-9(2)6(8(9)10)7-5(13(14)15)4-11-12(7)3/h4,6,8H,10H2,1-3H3/t6-,8-/m1/s1. The average Bonchev–Trinajstić information content (AvgIpc) is 2.48. The van der Waals surface area contributed by atoms with Crippen LogP contribution in [-0.2, 0) is 7.05 Å². The van der Waals surface area contributed by atoms with Gasteiger partial charge in [-0.25, -0.2) is 0 Å². The van der Waals surface area contributed by atoms with Crippen LogP contribution in [0.3, 0.4) is 0 Å². The van der Waals surface area contributed by atoms with Gasteiger partial charge in [0.05, 0.1) is 4.92 Å². The van der Waals surface area contributed by atoms with Crippen LogP contribution in [0.15, 0.2) is 6.20 Å². The van der Waals surface area contributed by atoms with E-state index in [0.29, 0.717) is 5.69 Å². The van der Waals surface area contributed by atoms with E-state index in [9.17, 15) is 10.1 Å². The third-order valence-corrected chi connectivity index (χ3v) is 3.37. The molecule has 0 unspecified atom stereocenters. The van der Waals surface area contributed by atoms with Gasteiger partial charge < -0.3 is 5.73 Å². The van der Waals surface area contributed by atoms with Crippen molar-refractivity contribution in [2.75, 3.05) is 0 Å². The number of hydrogen-bond donors (Lipinski definition) is 1. The van der Waals surface area contributed by atoms with Gasteiger partial charge in [0.15, 0.2) is 0 Å². The molecule has 82 valence electrons. The van der Waals surface area contributed by atoms with Gasteiger partial charge in [-0.3, -0.25) is 14.8 Å². The zero-order chi connectivity index (χ0) is 11.4. The van der Waals surface area contributed by atoms with E-state index in [4.69, 9.17) is 5.73 Å². The van der Waals surface area contributed by atoms with E-state index in [1.165, 1.54) is 6.20 Å². The summed E-state index contributed by atoms with van der Waals surface area (Å²) in [5.41, 5.74) is 6.55. The van der Waals surface area contributed by atoms with Crippen molar-refractivity contribution in [1.82, 2.24) is 9.78 Å². The molecule has 2 atom stereocenters. The molecule has 1 aliphatic carbocycles. The molecule has 2 N–H and O–H groups in total. The van der Waals surface area contributed by atoms with Crippen LogP contribution in [-0.4, -0.2) is 20.7 Å².